The van der Waals surface area contributed by atoms with Crippen LogP contribution in [0.5, 0.6) is 0 Å². The lowest BCUT2D eigenvalue weighted by Gasteiger charge is -2.15. The monoisotopic (exact) mass is 697 g/mol. The summed E-state index contributed by atoms with van der Waals surface area (Å²) in [6, 6.07) is 59.8. The van der Waals surface area contributed by atoms with Crippen LogP contribution in [0, 0.1) is 11.3 Å². The minimum Gasteiger partial charge on any atom is -0.228 e. The Morgan fingerprint density at radius 3 is 1.69 bits per heavy atom. The topological polar surface area (TPSA) is 49.6 Å². The lowest BCUT2D eigenvalue weighted by molar-refractivity contribution is 1.18. The molecule has 0 spiro atoms. The van der Waals surface area contributed by atoms with Crippen molar-refractivity contribution in [1.82, 2.24) is 9.97 Å². The summed E-state index contributed by atoms with van der Waals surface area (Å²) in [5.74, 6) is 0.636. The molecule has 10 aromatic rings. The second-order valence-electron chi connectivity index (χ2n) is 12.9. The summed E-state index contributed by atoms with van der Waals surface area (Å²) in [7, 11) is 0. The van der Waals surface area contributed by atoms with Crippen molar-refractivity contribution in [2.24, 2.45) is 0 Å². The van der Waals surface area contributed by atoms with Gasteiger partial charge in [0, 0.05) is 57.0 Å². The first-order chi connectivity index (χ1) is 25.7. The van der Waals surface area contributed by atoms with Gasteiger partial charge >= 0.3 is 0 Å². The molecule has 0 N–H and O–H groups in total. The smallest absolute Gasteiger partial charge is 0.160 e. The van der Waals surface area contributed by atoms with Crippen LogP contribution in [0.2, 0.25) is 0 Å². The number of hydrogen-bond acceptors (Lipinski definition) is 5. The lowest BCUT2D eigenvalue weighted by atomic mass is 9.91. The molecule has 0 radical (unpaired) electrons. The van der Waals surface area contributed by atoms with Crippen molar-refractivity contribution in [2.75, 3.05) is 0 Å². The van der Waals surface area contributed by atoms with Crippen molar-refractivity contribution in [3.8, 4) is 62.2 Å². The molecule has 0 saturated heterocycles. The van der Waals surface area contributed by atoms with E-state index in [-0.39, 0.29) is 0 Å². The second-order valence-corrected chi connectivity index (χ2v) is 15.1. The van der Waals surface area contributed by atoms with Crippen LogP contribution in [0.25, 0.3) is 96.5 Å². The number of fused-ring (bicyclic) bond motifs is 6. The number of benzene rings is 7. The predicted molar refractivity (Wildman–Crippen MR) is 220 cm³/mol. The zero-order valence-corrected chi connectivity index (χ0v) is 29.4. The number of rotatable bonds is 5. The van der Waals surface area contributed by atoms with E-state index in [4.69, 9.17) is 9.97 Å². The molecule has 5 heteroatoms. The highest BCUT2D eigenvalue weighted by molar-refractivity contribution is 7.26. The van der Waals surface area contributed by atoms with E-state index in [2.05, 4.69) is 115 Å². The first kappa shape index (κ1) is 30.4. The Labute approximate surface area is 308 Å². The van der Waals surface area contributed by atoms with Crippen molar-refractivity contribution in [2.45, 2.75) is 0 Å². The first-order valence-electron chi connectivity index (χ1n) is 17.1. The van der Waals surface area contributed by atoms with Gasteiger partial charge in [-0.15, -0.1) is 22.7 Å². The highest BCUT2D eigenvalue weighted by Crippen LogP contribution is 2.42. The largest absolute Gasteiger partial charge is 0.228 e. The molecule has 52 heavy (non-hydrogen) atoms. The third-order valence-corrected chi connectivity index (χ3v) is 12.0. The molecule has 0 saturated carbocycles. The Morgan fingerprint density at radius 2 is 0.962 bits per heavy atom. The fraction of sp³-hybridized carbons (Fsp3) is 0. The molecule has 0 aliphatic rings. The second kappa shape index (κ2) is 12.4. The highest BCUT2D eigenvalue weighted by Gasteiger charge is 2.18. The molecule has 7 aromatic carbocycles. The van der Waals surface area contributed by atoms with Crippen LogP contribution in [0.15, 0.2) is 164 Å². The van der Waals surface area contributed by atoms with Gasteiger partial charge < -0.3 is 0 Å². The number of hydrogen-bond donors (Lipinski definition) is 0. The van der Waals surface area contributed by atoms with E-state index in [1.807, 2.05) is 77.3 Å². The van der Waals surface area contributed by atoms with Gasteiger partial charge in [0.2, 0.25) is 0 Å². The van der Waals surface area contributed by atoms with Crippen LogP contribution in [0.4, 0.5) is 0 Å². The summed E-state index contributed by atoms with van der Waals surface area (Å²) in [5, 5.41) is 14.8. The molecule has 0 aliphatic heterocycles. The standard InChI is InChI=1S/C47H27N3S2/c48-28-29-9-8-12-34(23-29)41-27-42(50-47(49-41)30-10-2-1-3-11-30)38-24-31(32-18-21-45-39(25-32)36-13-4-6-15-43(36)51-45)17-20-35(38)33-19-22-46-40(26-33)37-14-5-7-16-44(37)52-46/h1-27H. The summed E-state index contributed by atoms with van der Waals surface area (Å²) in [5.41, 5.74) is 9.50. The maximum Gasteiger partial charge on any atom is 0.160 e. The van der Waals surface area contributed by atoms with Crippen molar-refractivity contribution in [1.29, 1.82) is 5.26 Å². The van der Waals surface area contributed by atoms with Crippen LogP contribution in [0.3, 0.4) is 0 Å². The SMILES string of the molecule is N#Cc1cccc(-c2cc(-c3cc(-c4ccc5sc6ccccc6c5c4)ccc3-c3ccc4sc5ccccc5c4c3)nc(-c3ccccc3)n2)c1. The predicted octanol–water partition coefficient (Wildman–Crippen LogP) is 13.4. The van der Waals surface area contributed by atoms with E-state index in [0.717, 1.165) is 50.3 Å². The number of aromatic nitrogens is 2. The number of nitriles is 1. The zero-order valence-electron chi connectivity index (χ0n) is 27.7. The van der Waals surface area contributed by atoms with Gasteiger partial charge in [0.15, 0.2) is 5.82 Å². The molecule has 0 unspecified atom stereocenters. The van der Waals surface area contributed by atoms with Gasteiger partial charge in [0.1, 0.15) is 0 Å². The van der Waals surface area contributed by atoms with Gasteiger partial charge in [0.25, 0.3) is 0 Å². The Hall–Kier alpha value is -6.45. The summed E-state index contributed by atoms with van der Waals surface area (Å²) >= 11 is 3.66. The minimum absolute atomic E-state index is 0.592. The Kier molecular flexibility index (Phi) is 7.24. The average molecular weight is 698 g/mol. The van der Waals surface area contributed by atoms with Crippen molar-refractivity contribution in [3.63, 3.8) is 0 Å². The van der Waals surface area contributed by atoms with E-state index in [1.165, 1.54) is 40.3 Å². The maximum absolute atomic E-state index is 9.73. The number of thiophene rings is 2. The van der Waals surface area contributed by atoms with Gasteiger partial charge in [-0.1, -0.05) is 103 Å². The average Bonchev–Trinajstić information content (AvgIpc) is 3.78. The van der Waals surface area contributed by atoms with Gasteiger partial charge in [-0.05, 0) is 82.9 Å². The maximum atomic E-state index is 9.73. The summed E-state index contributed by atoms with van der Waals surface area (Å²) in [4.78, 5) is 10.3. The molecule has 0 bridgehead atoms. The normalized spacial score (nSPS) is 11.4. The third-order valence-electron chi connectivity index (χ3n) is 9.74. The Bertz CT molecular complexity index is 3040. The molecule has 242 valence electrons. The molecule has 3 aromatic heterocycles. The summed E-state index contributed by atoms with van der Waals surface area (Å²) in [6.45, 7) is 0. The number of nitrogens with zero attached hydrogens (tertiary/aromatic N) is 3. The van der Waals surface area contributed by atoms with Crippen LogP contribution >= 0.6 is 22.7 Å². The van der Waals surface area contributed by atoms with E-state index in [0.29, 0.717) is 11.4 Å². The molecule has 0 atom stereocenters. The Morgan fingerprint density at radius 1 is 0.385 bits per heavy atom. The van der Waals surface area contributed by atoms with Crippen LogP contribution in [-0.2, 0) is 0 Å². The van der Waals surface area contributed by atoms with Crippen molar-refractivity contribution < 1.29 is 0 Å². The molecule has 3 nitrogen and oxygen atoms in total. The summed E-state index contributed by atoms with van der Waals surface area (Å²) in [6.07, 6.45) is 0. The quantitative estimate of drug-likeness (QED) is 0.180. The van der Waals surface area contributed by atoms with Crippen LogP contribution < -0.4 is 0 Å². The van der Waals surface area contributed by atoms with Crippen molar-refractivity contribution >= 4 is 63.0 Å². The zero-order chi connectivity index (χ0) is 34.6. The molecule has 10 rings (SSSR count). The van der Waals surface area contributed by atoms with Gasteiger partial charge in [-0.2, -0.15) is 5.26 Å². The van der Waals surface area contributed by atoms with Gasteiger partial charge in [0.05, 0.1) is 23.0 Å². The molecule has 0 aliphatic carbocycles. The third kappa shape index (κ3) is 5.25. The Balaban J connectivity index is 1.23. The van der Waals surface area contributed by atoms with E-state index < -0.39 is 0 Å². The molecular formula is C47H27N3S2. The molecular weight excluding hydrogens is 671 g/mol. The molecule has 0 fully saturated rings. The van der Waals surface area contributed by atoms with E-state index >= 15 is 0 Å². The van der Waals surface area contributed by atoms with Gasteiger partial charge in [-0.25, -0.2) is 9.97 Å². The van der Waals surface area contributed by atoms with Gasteiger partial charge in [-0.3, -0.25) is 0 Å². The highest BCUT2D eigenvalue weighted by atomic mass is 32.1. The first-order valence-corrected chi connectivity index (χ1v) is 18.7. The van der Waals surface area contributed by atoms with Crippen molar-refractivity contribution in [3.05, 3.63) is 169 Å². The van der Waals surface area contributed by atoms with Crippen LogP contribution in [0.1, 0.15) is 5.56 Å². The fourth-order valence-electron chi connectivity index (χ4n) is 7.18. The van der Waals surface area contributed by atoms with E-state index in [1.54, 1.807) is 0 Å². The van der Waals surface area contributed by atoms with E-state index in [9.17, 15) is 5.26 Å². The molecule has 3 heterocycles. The van der Waals surface area contributed by atoms with Crippen LogP contribution in [-0.4, -0.2) is 9.97 Å². The lowest BCUT2D eigenvalue weighted by Crippen LogP contribution is -1.97. The fourth-order valence-corrected chi connectivity index (χ4v) is 9.36. The summed E-state index contributed by atoms with van der Waals surface area (Å²) < 4.78 is 5.14. The minimum atomic E-state index is 0.592. The molecule has 0 amide bonds.